The van der Waals surface area contributed by atoms with Crippen LogP contribution in [0.25, 0.3) is 11.3 Å². The van der Waals surface area contributed by atoms with E-state index >= 15 is 0 Å². The zero-order chi connectivity index (χ0) is 28.1. The van der Waals surface area contributed by atoms with Crippen LogP contribution in [0.15, 0.2) is 73.2 Å². The number of nitrogens with one attached hydrogen (secondary N) is 2. The van der Waals surface area contributed by atoms with Gasteiger partial charge in [0.15, 0.2) is 11.5 Å². The molecule has 1 saturated heterocycles. The van der Waals surface area contributed by atoms with Crippen LogP contribution in [0.1, 0.15) is 41.0 Å². The molecule has 5 rings (SSSR count). The van der Waals surface area contributed by atoms with E-state index in [1.54, 1.807) is 42.6 Å². The minimum Gasteiger partial charge on any atom is -0.442 e. The number of benzene rings is 2. The average molecular weight is 541 g/mol. The lowest BCUT2D eigenvalue weighted by atomic mass is 10.1. The Bertz CT molecular complexity index is 1460. The zero-order valence-corrected chi connectivity index (χ0v) is 22.4. The van der Waals surface area contributed by atoms with Crippen molar-refractivity contribution in [1.82, 2.24) is 25.1 Å². The van der Waals surface area contributed by atoms with Crippen LogP contribution in [0.3, 0.4) is 0 Å². The van der Waals surface area contributed by atoms with E-state index in [4.69, 9.17) is 10.5 Å². The third kappa shape index (κ3) is 6.10. The van der Waals surface area contributed by atoms with Gasteiger partial charge in [0.25, 0.3) is 5.91 Å². The molecule has 1 fully saturated rings. The Morgan fingerprint density at radius 2 is 1.80 bits per heavy atom. The van der Waals surface area contributed by atoms with Crippen LogP contribution in [-0.4, -0.2) is 58.8 Å². The summed E-state index contributed by atoms with van der Waals surface area (Å²) < 4.78 is 7.64. The highest BCUT2D eigenvalue weighted by molar-refractivity contribution is 5.99. The van der Waals surface area contributed by atoms with Gasteiger partial charge in [0.05, 0.1) is 24.1 Å². The van der Waals surface area contributed by atoms with Gasteiger partial charge in [-0.25, -0.2) is 14.8 Å². The number of piperidine rings is 1. The van der Waals surface area contributed by atoms with Gasteiger partial charge in [-0.2, -0.15) is 5.10 Å². The molecule has 40 heavy (non-hydrogen) atoms. The van der Waals surface area contributed by atoms with Crippen molar-refractivity contribution in [3.63, 3.8) is 0 Å². The van der Waals surface area contributed by atoms with E-state index in [1.807, 2.05) is 48.1 Å². The number of hydrogen-bond acceptors (Lipinski definition) is 9. The first-order chi connectivity index (χ1) is 19.4. The van der Waals surface area contributed by atoms with Crippen LogP contribution in [0.4, 0.5) is 17.2 Å². The second-order valence-electron chi connectivity index (χ2n) is 9.81. The molecule has 2 aromatic carbocycles. The zero-order valence-electron chi connectivity index (χ0n) is 22.4. The summed E-state index contributed by atoms with van der Waals surface area (Å²) in [6.07, 6.45) is 5.81. The largest absolute Gasteiger partial charge is 0.442 e. The third-order valence-corrected chi connectivity index (χ3v) is 6.79. The number of carbonyl (C=O) groups is 2. The molecule has 2 aromatic heterocycles. The molecule has 11 nitrogen and oxygen atoms in total. The van der Waals surface area contributed by atoms with Crippen LogP contribution in [0.2, 0.25) is 0 Å². The number of amides is 1. The summed E-state index contributed by atoms with van der Waals surface area (Å²) in [4.78, 5) is 37.3. The van der Waals surface area contributed by atoms with E-state index in [0.29, 0.717) is 28.6 Å². The van der Waals surface area contributed by atoms with Crippen molar-refractivity contribution in [2.24, 2.45) is 0 Å². The van der Waals surface area contributed by atoms with Crippen molar-refractivity contribution in [3.05, 3.63) is 84.4 Å². The number of nitrogens with two attached hydrogens (primary N) is 1. The van der Waals surface area contributed by atoms with E-state index in [1.165, 1.54) is 6.20 Å². The molecule has 0 saturated carbocycles. The van der Waals surface area contributed by atoms with Gasteiger partial charge < -0.3 is 26.0 Å². The SMILES string of the molecule is CN(C)c1ccc(NC(=O)[C@H](OC(=O)c2nc(-c3cnn(C4CCNCC4)c3)cnc2N)c2ccccc2)cc1. The van der Waals surface area contributed by atoms with Crippen LogP contribution < -0.4 is 21.3 Å². The van der Waals surface area contributed by atoms with Gasteiger partial charge >= 0.3 is 5.97 Å². The molecule has 206 valence electrons. The highest BCUT2D eigenvalue weighted by Gasteiger charge is 2.28. The van der Waals surface area contributed by atoms with Crippen molar-refractivity contribution in [2.45, 2.75) is 25.0 Å². The molecule has 1 atom stereocenters. The summed E-state index contributed by atoms with van der Waals surface area (Å²) in [5.74, 6) is -1.46. The Kier molecular flexibility index (Phi) is 8.02. The molecule has 3 heterocycles. The molecule has 4 aromatic rings. The van der Waals surface area contributed by atoms with Gasteiger partial charge in [0, 0.05) is 42.8 Å². The number of nitrogen functional groups attached to an aromatic ring is 1. The molecule has 0 unspecified atom stereocenters. The predicted molar refractivity (Wildman–Crippen MR) is 153 cm³/mol. The lowest BCUT2D eigenvalue weighted by molar-refractivity contribution is -0.125. The fourth-order valence-electron chi connectivity index (χ4n) is 4.54. The topological polar surface area (TPSA) is 140 Å². The maximum atomic E-state index is 13.3. The molecule has 11 heteroatoms. The average Bonchev–Trinajstić information content (AvgIpc) is 3.48. The lowest BCUT2D eigenvalue weighted by Crippen LogP contribution is -2.29. The molecular formula is C29H32N8O3. The lowest BCUT2D eigenvalue weighted by Gasteiger charge is -2.22. The summed E-state index contributed by atoms with van der Waals surface area (Å²) in [5.41, 5.74) is 9.07. The summed E-state index contributed by atoms with van der Waals surface area (Å²) in [7, 11) is 3.87. The van der Waals surface area contributed by atoms with Crippen LogP contribution in [-0.2, 0) is 9.53 Å². The maximum Gasteiger partial charge on any atom is 0.361 e. The van der Waals surface area contributed by atoms with Crippen LogP contribution in [0, 0.1) is 0 Å². The molecule has 4 N–H and O–H groups in total. The number of carbonyl (C=O) groups excluding carboxylic acids is 2. The van der Waals surface area contributed by atoms with Crippen molar-refractivity contribution >= 4 is 29.1 Å². The summed E-state index contributed by atoms with van der Waals surface area (Å²) in [6.45, 7) is 1.88. The molecule has 0 bridgehead atoms. The standard InChI is InChI=1S/C29H32N8O3/c1-36(2)22-10-8-21(9-11-22)34-28(38)26(19-6-4-3-5-7-19)40-29(39)25-27(30)32-17-24(35-25)20-16-33-37(18-20)23-12-14-31-15-13-23/h3-11,16-18,23,26,31H,12-15H2,1-2H3,(H2,30,32)(H,34,38)/t26-/m1/s1. The summed E-state index contributed by atoms with van der Waals surface area (Å²) in [6, 6.07) is 16.4. The molecular weight excluding hydrogens is 508 g/mol. The molecule has 1 amide bonds. The Balaban J connectivity index is 1.36. The number of esters is 1. The third-order valence-electron chi connectivity index (χ3n) is 6.79. The number of aromatic nitrogens is 4. The van der Waals surface area contributed by atoms with Crippen molar-refractivity contribution in [3.8, 4) is 11.3 Å². The van der Waals surface area contributed by atoms with E-state index in [0.717, 1.165) is 31.6 Å². The van der Waals surface area contributed by atoms with Gasteiger partial charge in [0.1, 0.15) is 0 Å². The number of hydrogen-bond donors (Lipinski definition) is 3. The smallest absolute Gasteiger partial charge is 0.361 e. The molecule has 0 radical (unpaired) electrons. The first-order valence-electron chi connectivity index (χ1n) is 13.1. The minimum atomic E-state index is -1.24. The van der Waals surface area contributed by atoms with E-state index in [2.05, 4.69) is 25.7 Å². The monoisotopic (exact) mass is 540 g/mol. The maximum absolute atomic E-state index is 13.3. The van der Waals surface area contributed by atoms with E-state index in [9.17, 15) is 9.59 Å². The van der Waals surface area contributed by atoms with Crippen molar-refractivity contribution in [1.29, 1.82) is 0 Å². The Morgan fingerprint density at radius 3 is 2.50 bits per heavy atom. The highest BCUT2D eigenvalue weighted by Crippen LogP contribution is 2.26. The van der Waals surface area contributed by atoms with E-state index in [-0.39, 0.29) is 11.5 Å². The van der Waals surface area contributed by atoms with Gasteiger partial charge in [0.2, 0.25) is 6.10 Å². The second kappa shape index (κ2) is 12.0. The van der Waals surface area contributed by atoms with Gasteiger partial charge in [-0.15, -0.1) is 0 Å². The van der Waals surface area contributed by atoms with Crippen LogP contribution in [0.5, 0.6) is 0 Å². The Labute approximate surface area is 232 Å². The molecule has 1 aliphatic heterocycles. The molecule has 1 aliphatic rings. The fraction of sp³-hybridized carbons (Fsp3) is 0.276. The highest BCUT2D eigenvalue weighted by atomic mass is 16.5. The van der Waals surface area contributed by atoms with Gasteiger partial charge in [-0.05, 0) is 50.2 Å². The fourth-order valence-corrected chi connectivity index (χ4v) is 4.54. The first kappa shape index (κ1) is 26.8. The summed E-state index contributed by atoms with van der Waals surface area (Å²) in [5, 5.41) is 10.7. The Hall–Kier alpha value is -4.77. The van der Waals surface area contributed by atoms with Crippen molar-refractivity contribution in [2.75, 3.05) is 43.1 Å². The van der Waals surface area contributed by atoms with Crippen molar-refractivity contribution < 1.29 is 14.3 Å². The minimum absolute atomic E-state index is 0.0917. The molecule has 0 aliphatic carbocycles. The quantitative estimate of drug-likeness (QED) is 0.287. The Morgan fingerprint density at radius 1 is 1.07 bits per heavy atom. The summed E-state index contributed by atoms with van der Waals surface area (Å²) >= 11 is 0. The number of ether oxygens (including phenoxy) is 1. The predicted octanol–water partition coefficient (Wildman–Crippen LogP) is 3.45. The van der Waals surface area contributed by atoms with Crippen LogP contribution >= 0.6 is 0 Å². The number of nitrogens with zero attached hydrogens (tertiary/aromatic N) is 5. The second-order valence-corrected chi connectivity index (χ2v) is 9.81. The van der Waals surface area contributed by atoms with Gasteiger partial charge in [-0.1, -0.05) is 30.3 Å². The molecule has 0 spiro atoms. The van der Waals surface area contributed by atoms with Gasteiger partial charge in [-0.3, -0.25) is 9.48 Å². The number of rotatable bonds is 8. The first-order valence-corrected chi connectivity index (χ1v) is 13.1. The number of anilines is 3. The van der Waals surface area contributed by atoms with E-state index < -0.39 is 18.0 Å². The normalized spacial score (nSPS) is 14.3.